The molecule has 0 fully saturated rings. The van der Waals surface area contributed by atoms with Crippen molar-refractivity contribution in [1.82, 2.24) is 0 Å². The van der Waals surface area contributed by atoms with Crippen molar-refractivity contribution in [3.05, 3.63) is 0 Å². The summed E-state index contributed by atoms with van der Waals surface area (Å²) in [5, 5.41) is 17.2. The Morgan fingerprint density at radius 1 is 1.36 bits per heavy atom. The zero-order valence-corrected chi connectivity index (χ0v) is 8.27. The third-order valence-electron chi connectivity index (χ3n) is 2.16. The molecule has 14 heavy (non-hydrogen) atoms. The highest BCUT2D eigenvalue weighted by molar-refractivity contribution is 5.75. The van der Waals surface area contributed by atoms with Gasteiger partial charge in [-0.3, -0.25) is 9.59 Å². The van der Waals surface area contributed by atoms with Crippen LogP contribution in [0.4, 0.5) is 0 Å². The number of aliphatic carboxylic acids is 2. The van der Waals surface area contributed by atoms with Crippen LogP contribution >= 0.6 is 0 Å². The maximum Gasteiger partial charge on any atom is 0.320 e. The SMILES string of the molecule is CCCC[C@@H](CC(=O)O)[C@H](N)C(=O)O. The van der Waals surface area contributed by atoms with Crippen LogP contribution in [0.3, 0.4) is 0 Å². The Balaban J connectivity index is 4.22. The summed E-state index contributed by atoms with van der Waals surface area (Å²) in [7, 11) is 0. The first kappa shape index (κ1) is 12.9. The molecule has 82 valence electrons. The molecule has 0 heterocycles. The highest BCUT2D eigenvalue weighted by atomic mass is 16.4. The largest absolute Gasteiger partial charge is 0.481 e. The predicted molar refractivity (Wildman–Crippen MR) is 50.9 cm³/mol. The topological polar surface area (TPSA) is 101 Å². The lowest BCUT2D eigenvalue weighted by molar-refractivity contribution is -0.142. The molecule has 0 spiro atoms. The van der Waals surface area contributed by atoms with Gasteiger partial charge >= 0.3 is 11.9 Å². The van der Waals surface area contributed by atoms with E-state index < -0.39 is 23.9 Å². The Hall–Kier alpha value is -1.10. The predicted octanol–water partition coefficient (Wildman–Crippen LogP) is 0.679. The van der Waals surface area contributed by atoms with Crippen molar-refractivity contribution in [3.63, 3.8) is 0 Å². The Kier molecular flexibility index (Phi) is 5.87. The minimum atomic E-state index is -1.13. The molecule has 0 saturated carbocycles. The molecule has 0 aliphatic rings. The van der Waals surface area contributed by atoms with E-state index in [1.54, 1.807) is 0 Å². The Morgan fingerprint density at radius 2 is 1.93 bits per heavy atom. The maximum absolute atomic E-state index is 10.6. The average Bonchev–Trinajstić information content (AvgIpc) is 2.10. The molecule has 0 aromatic rings. The van der Waals surface area contributed by atoms with E-state index in [1.165, 1.54) is 0 Å². The molecule has 5 nitrogen and oxygen atoms in total. The van der Waals surface area contributed by atoms with Crippen LogP contribution in [-0.2, 0) is 9.59 Å². The monoisotopic (exact) mass is 203 g/mol. The van der Waals surface area contributed by atoms with Crippen LogP contribution in [0.1, 0.15) is 32.6 Å². The number of hydrogen-bond donors (Lipinski definition) is 3. The van der Waals surface area contributed by atoms with E-state index in [0.717, 1.165) is 12.8 Å². The van der Waals surface area contributed by atoms with Crippen molar-refractivity contribution in [3.8, 4) is 0 Å². The Morgan fingerprint density at radius 3 is 2.29 bits per heavy atom. The van der Waals surface area contributed by atoms with Crippen molar-refractivity contribution in [2.24, 2.45) is 11.7 Å². The van der Waals surface area contributed by atoms with Crippen LogP contribution in [0.5, 0.6) is 0 Å². The maximum atomic E-state index is 10.6. The van der Waals surface area contributed by atoms with Gasteiger partial charge in [0.15, 0.2) is 0 Å². The van der Waals surface area contributed by atoms with Gasteiger partial charge in [-0.05, 0) is 12.3 Å². The summed E-state index contributed by atoms with van der Waals surface area (Å²) < 4.78 is 0. The van der Waals surface area contributed by atoms with Gasteiger partial charge in [-0.25, -0.2) is 0 Å². The van der Waals surface area contributed by atoms with Gasteiger partial charge in [0.2, 0.25) is 0 Å². The van der Waals surface area contributed by atoms with Gasteiger partial charge in [0, 0.05) is 0 Å². The number of unbranched alkanes of at least 4 members (excludes halogenated alkanes) is 1. The van der Waals surface area contributed by atoms with Crippen molar-refractivity contribution < 1.29 is 19.8 Å². The van der Waals surface area contributed by atoms with Crippen molar-refractivity contribution >= 4 is 11.9 Å². The van der Waals surface area contributed by atoms with Crippen LogP contribution in [0, 0.1) is 5.92 Å². The fraction of sp³-hybridized carbons (Fsp3) is 0.778. The molecule has 0 aromatic carbocycles. The first-order valence-corrected chi connectivity index (χ1v) is 4.69. The molecule has 2 atom stereocenters. The smallest absolute Gasteiger partial charge is 0.320 e. The quantitative estimate of drug-likeness (QED) is 0.564. The van der Waals surface area contributed by atoms with Gasteiger partial charge in [-0.15, -0.1) is 0 Å². The Bertz CT molecular complexity index is 205. The number of carboxylic acid groups (broad SMARTS) is 2. The summed E-state index contributed by atoms with van der Waals surface area (Å²) in [5.74, 6) is -2.60. The standard InChI is InChI=1S/C9H17NO4/c1-2-3-4-6(5-7(11)12)8(10)9(13)14/h6,8H,2-5,10H2,1H3,(H,11,12)(H,13,14)/t6-,8-/m0/s1. The lowest BCUT2D eigenvalue weighted by Crippen LogP contribution is -2.39. The third-order valence-corrected chi connectivity index (χ3v) is 2.16. The van der Waals surface area contributed by atoms with Crippen LogP contribution in [-0.4, -0.2) is 28.2 Å². The lowest BCUT2D eigenvalue weighted by Gasteiger charge is -2.18. The van der Waals surface area contributed by atoms with E-state index >= 15 is 0 Å². The molecule has 0 saturated heterocycles. The normalized spacial score (nSPS) is 14.7. The van der Waals surface area contributed by atoms with Crippen molar-refractivity contribution in [1.29, 1.82) is 0 Å². The minimum Gasteiger partial charge on any atom is -0.481 e. The highest BCUT2D eigenvalue weighted by Crippen LogP contribution is 2.16. The first-order chi connectivity index (χ1) is 6.49. The van der Waals surface area contributed by atoms with E-state index in [4.69, 9.17) is 15.9 Å². The fourth-order valence-electron chi connectivity index (χ4n) is 1.30. The highest BCUT2D eigenvalue weighted by Gasteiger charge is 2.25. The van der Waals surface area contributed by atoms with Gasteiger partial charge in [-0.2, -0.15) is 0 Å². The molecule has 0 bridgehead atoms. The molecule has 0 aromatic heterocycles. The molecule has 0 aliphatic heterocycles. The molecule has 0 rings (SSSR count). The van der Waals surface area contributed by atoms with E-state index in [1.807, 2.05) is 6.92 Å². The number of rotatable bonds is 7. The van der Waals surface area contributed by atoms with E-state index in [0.29, 0.717) is 6.42 Å². The Labute approximate surface area is 82.9 Å². The van der Waals surface area contributed by atoms with Crippen molar-refractivity contribution in [2.75, 3.05) is 0 Å². The third kappa shape index (κ3) is 4.81. The average molecular weight is 203 g/mol. The summed E-state index contributed by atoms with van der Waals surface area (Å²) in [6.45, 7) is 1.96. The number of hydrogen-bond acceptors (Lipinski definition) is 3. The fourth-order valence-corrected chi connectivity index (χ4v) is 1.30. The molecule has 0 radical (unpaired) electrons. The van der Waals surface area contributed by atoms with Gasteiger partial charge in [-0.1, -0.05) is 19.8 Å². The van der Waals surface area contributed by atoms with E-state index in [9.17, 15) is 9.59 Å². The summed E-state index contributed by atoms with van der Waals surface area (Å²) in [4.78, 5) is 21.0. The van der Waals surface area contributed by atoms with Crippen LogP contribution in [0.15, 0.2) is 0 Å². The molecule has 0 aliphatic carbocycles. The van der Waals surface area contributed by atoms with Crippen LogP contribution in [0.2, 0.25) is 0 Å². The van der Waals surface area contributed by atoms with E-state index in [-0.39, 0.29) is 6.42 Å². The van der Waals surface area contributed by atoms with Gasteiger partial charge < -0.3 is 15.9 Å². The summed E-state index contributed by atoms with van der Waals surface area (Å²) in [6.07, 6.45) is 2.09. The molecule has 5 heteroatoms. The first-order valence-electron chi connectivity index (χ1n) is 4.69. The van der Waals surface area contributed by atoms with Gasteiger partial charge in [0.05, 0.1) is 6.42 Å². The molecule has 4 N–H and O–H groups in total. The molecular weight excluding hydrogens is 186 g/mol. The van der Waals surface area contributed by atoms with Crippen LogP contribution in [0.25, 0.3) is 0 Å². The molecular formula is C9H17NO4. The van der Waals surface area contributed by atoms with Gasteiger partial charge in [0.1, 0.15) is 6.04 Å². The van der Waals surface area contributed by atoms with Crippen LogP contribution < -0.4 is 5.73 Å². The zero-order valence-electron chi connectivity index (χ0n) is 8.27. The zero-order chi connectivity index (χ0) is 11.1. The summed E-state index contributed by atoms with van der Waals surface area (Å²) in [5.41, 5.74) is 5.39. The second-order valence-corrected chi connectivity index (χ2v) is 3.36. The molecule has 0 amide bonds. The summed E-state index contributed by atoms with van der Waals surface area (Å²) >= 11 is 0. The number of carboxylic acids is 2. The summed E-state index contributed by atoms with van der Waals surface area (Å²) in [6, 6.07) is -1.07. The van der Waals surface area contributed by atoms with Gasteiger partial charge in [0.25, 0.3) is 0 Å². The molecule has 0 unspecified atom stereocenters. The number of nitrogens with two attached hydrogens (primary N) is 1. The second-order valence-electron chi connectivity index (χ2n) is 3.36. The number of carbonyl (C=O) groups is 2. The second kappa shape index (κ2) is 6.37. The van der Waals surface area contributed by atoms with E-state index in [2.05, 4.69) is 0 Å². The van der Waals surface area contributed by atoms with Crippen molar-refractivity contribution in [2.45, 2.75) is 38.6 Å². The lowest BCUT2D eigenvalue weighted by atomic mass is 9.91. The minimum absolute atomic E-state index is 0.173.